The van der Waals surface area contributed by atoms with Crippen LogP contribution in [0.5, 0.6) is 0 Å². The van der Waals surface area contributed by atoms with Gasteiger partial charge in [-0.1, -0.05) is 6.92 Å². The van der Waals surface area contributed by atoms with Gasteiger partial charge in [-0.2, -0.15) is 13.1 Å². The van der Waals surface area contributed by atoms with Gasteiger partial charge in [0.05, 0.1) is 5.69 Å². The summed E-state index contributed by atoms with van der Waals surface area (Å²) < 4.78 is 40.6. The van der Waals surface area contributed by atoms with E-state index in [0.29, 0.717) is 0 Å². The monoisotopic (exact) mass is 288 g/mol. The zero-order valence-corrected chi connectivity index (χ0v) is 10.9. The second-order valence-electron chi connectivity index (χ2n) is 3.51. The Labute approximate surface area is 110 Å². The first-order valence-corrected chi connectivity index (χ1v) is 6.80. The first-order chi connectivity index (χ1) is 8.84. The van der Waals surface area contributed by atoms with Gasteiger partial charge in [0.2, 0.25) is 0 Å². The summed E-state index contributed by atoms with van der Waals surface area (Å²) in [6.07, 6.45) is 1.81. The summed E-state index contributed by atoms with van der Waals surface area (Å²) in [6, 6.07) is 3.48. The number of halogens is 1. The molecule has 0 bridgehead atoms. The van der Waals surface area contributed by atoms with Gasteiger partial charge in [0.25, 0.3) is 10.2 Å². The number of carboxylic acid groups (broad SMARTS) is 1. The number of hydrogen-bond donors (Lipinski definition) is 3. The van der Waals surface area contributed by atoms with Crippen molar-refractivity contribution in [1.82, 2.24) is 4.72 Å². The van der Waals surface area contributed by atoms with Crippen LogP contribution in [0.3, 0.4) is 0 Å². The topological polar surface area (TPSA) is 95.5 Å². The van der Waals surface area contributed by atoms with Crippen LogP contribution in [0.25, 0.3) is 6.08 Å². The highest BCUT2D eigenvalue weighted by atomic mass is 32.2. The third-order valence-electron chi connectivity index (χ3n) is 1.99. The van der Waals surface area contributed by atoms with E-state index in [1.54, 1.807) is 6.92 Å². The molecule has 0 unspecified atom stereocenters. The van der Waals surface area contributed by atoms with Crippen molar-refractivity contribution in [1.29, 1.82) is 0 Å². The second kappa shape index (κ2) is 6.30. The predicted octanol–water partition coefficient (Wildman–Crippen LogP) is 1.19. The lowest BCUT2D eigenvalue weighted by atomic mass is 10.2. The van der Waals surface area contributed by atoms with Crippen molar-refractivity contribution in [2.75, 3.05) is 11.3 Å². The number of aliphatic carboxylic acids is 1. The summed E-state index contributed by atoms with van der Waals surface area (Å²) in [4.78, 5) is 10.4. The van der Waals surface area contributed by atoms with Gasteiger partial charge in [-0.15, -0.1) is 0 Å². The minimum atomic E-state index is -3.71. The molecule has 6 nitrogen and oxygen atoms in total. The lowest BCUT2D eigenvalue weighted by Crippen LogP contribution is -2.29. The Morgan fingerprint density at radius 2 is 2.16 bits per heavy atom. The Hall–Kier alpha value is -1.93. The van der Waals surface area contributed by atoms with E-state index in [2.05, 4.69) is 9.44 Å². The van der Waals surface area contributed by atoms with E-state index in [-0.39, 0.29) is 17.8 Å². The molecule has 0 saturated heterocycles. The molecule has 1 aromatic carbocycles. The summed E-state index contributed by atoms with van der Waals surface area (Å²) >= 11 is 0. The predicted molar refractivity (Wildman–Crippen MR) is 69.3 cm³/mol. The van der Waals surface area contributed by atoms with Crippen molar-refractivity contribution in [3.63, 3.8) is 0 Å². The fraction of sp³-hybridized carbons (Fsp3) is 0.182. The van der Waals surface area contributed by atoms with Crippen LogP contribution in [-0.2, 0) is 15.0 Å². The maximum atomic E-state index is 13.4. The molecule has 0 aromatic heterocycles. The van der Waals surface area contributed by atoms with Crippen molar-refractivity contribution in [3.05, 3.63) is 35.7 Å². The van der Waals surface area contributed by atoms with Gasteiger partial charge < -0.3 is 5.11 Å². The van der Waals surface area contributed by atoms with Crippen LogP contribution in [0, 0.1) is 5.82 Å². The minimum Gasteiger partial charge on any atom is -0.478 e. The molecule has 0 spiro atoms. The summed E-state index contributed by atoms with van der Waals surface area (Å²) in [5.41, 5.74) is 0.103. The highest BCUT2D eigenvalue weighted by Crippen LogP contribution is 2.17. The Morgan fingerprint density at radius 1 is 1.47 bits per heavy atom. The number of benzene rings is 1. The quantitative estimate of drug-likeness (QED) is 0.685. The van der Waals surface area contributed by atoms with Gasteiger partial charge in [0, 0.05) is 18.2 Å². The van der Waals surface area contributed by atoms with E-state index in [1.807, 2.05) is 0 Å². The van der Waals surface area contributed by atoms with Gasteiger partial charge in [-0.05, 0) is 24.3 Å². The fourth-order valence-electron chi connectivity index (χ4n) is 1.28. The van der Waals surface area contributed by atoms with E-state index >= 15 is 0 Å². The van der Waals surface area contributed by atoms with Gasteiger partial charge in [0.1, 0.15) is 5.82 Å². The molecule has 1 rings (SSSR count). The molecule has 0 fully saturated rings. The first kappa shape index (κ1) is 15.1. The van der Waals surface area contributed by atoms with Crippen molar-refractivity contribution in [3.8, 4) is 0 Å². The minimum absolute atomic E-state index is 0.0286. The maximum absolute atomic E-state index is 13.4. The number of carbonyl (C=O) groups is 1. The fourth-order valence-corrected chi connectivity index (χ4v) is 2.17. The molecule has 0 saturated carbocycles. The lowest BCUT2D eigenvalue weighted by Gasteiger charge is -2.08. The molecule has 19 heavy (non-hydrogen) atoms. The van der Waals surface area contributed by atoms with Crippen LogP contribution < -0.4 is 9.44 Å². The highest BCUT2D eigenvalue weighted by Gasteiger charge is 2.09. The molecule has 0 aliphatic carbocycles. The largest absolute Gasteiger partial charge is 0.478 e. The Kier molecular flexibility index (Phi) is 5.02. The molecule has 0 radical (unpaired) electrons. The maximum Gasteiger partial charge on any atom is 0.328 e. The summed E-state index contributed by atoms with van der Waals surface area (Å²) in [7, 11) is -3.71. The molecule has 0 aliphatic rings. The summed E-state index contributed by atoms with van der Waals surface area (Å²) in [6.45, 7) is 1.83. The van der Waals surface area contributed by atoms with Gasteiger partial charge in [-0.25, -0.2) is 9.18 Å². The number of nitrogens with one attached hydrogen (secondary N) is 2. The smallest absolute Gasteiger partial charge is 0.328 e. The zero-order chi connectivity index (χ0) is 14.5. The first-order valence-electron chi connectivity index (χ1n) is 5.32. The number of rotatable bonds is 6. The molecule has 1 aromatic rings. The van der Waals surface area contributed by atoms with Gasteiger partial charge in [-0.3, -0.25) is 4.72 Å². The summed E-state index contributed by atoms with van der Waals surface area (Å²) in [5, 5.41) is 8.46. The van der Waals surface area contributed by atoms with Crippen molar-refractivity contribution < 1.29 is 22.7 Å². The Bertz CT molecular complexity index is 599. The number of hydrogen-bond acceptors (Lipinski definition) is 3. The van der Waals surface area contributed by atoms with E-state index < -0.39 is 22.0 Å². The van der Waals surface area contributed by atoms with Crippen molar-refractivity contribution >= 4 is 27.9 Å². The molecule has 8 heteroatoms. The molecule has 3 N–H and O–H groups in total. The van der Waals surface area contributed by atoms with Crippen molar-refractivity contribution in [2.45, 2.75) is 6.92 Å². The van der Waals surface area contributed by atoms with Crippen LogP contribution in [0.1, 0.15) is 12.5 Å². The molecular formula is C11H13FN2O4S. The molecular weight excluding hydrogens is 275 g/mol. The average Bonchev–Trinajstić information content (AvgIpc) is 2.29. The lowest BCUT2D eigenvalue weighted by molar-refractivity contribution is -0.131. The van der Waals surface area contributed by atoms with E-state index in [9.17, 15) is 17.6 Å². The van der Waals surface area contributed by atoms with Crippen LogP contribution in [0.15, 0.2) is 24.3 Å². The van der Waals surface area contributed by atoms with E-state index in [4.69, 9.17) is 5.11 Å². The molecule has 0 amide bonds. The number of carboxylic acids is 1. The van der Waals surface area contributed by atoms with Crippen molar-refractivity contribution in [2.24, 2.45) is 0 Å². The molecule has 0 heterocycles. The molecule has 0 atom stereocenters. The third kappa shape index (κ3) is 5.06. The molecule has 0 aliphatic heterocycles. The Morgan fingerprint density at radius 3 is 2.74 bits per heavy atom. The average molecular weight is 288 g/mol. The van der Waals surface area contributed by atoms with E-state index in [0.717, 1.165) is 18.2 Å². The molecule has 104 valence electrons. The van der Waals surface area contributed by atoms with Crippen LogP contribution in [0.2, 0.25) is 0 Å². The zero-order valence-electron chi connectivity index (χ0n) is 10.1. The van der Waals surface area contributed by atoms with Gasteiger partial charge in [0.15, 0.2) is 0 Å². The SMILES string of the molecule is CCNS(=O)(=O)Nc1ccc(F)c(/C=C/C(=O)O)c1. The van der Waals surface area contributed by atoms with Gasteiger partial charge >= 0.3 is 5.97 Å². The van der Waals surface area contributed by atoms with Crippen LogP contribution in [0.4, 0.5) is 10.1 Å². The summed E-state index contributed by atoms with van der Waals surface area (Å²) in [5.74, 6) is -1.87. The third-order valence-corrected chi connectivity index (χ3v) is 3.16. The number of anilines is 1. The van der Waals surface area contributed by atoms with E-state index in [1.165, 1.54) is 12.1 Å². The van der Waals surface area contributed by atoms with Crippen LogP contribution >= 0.6 is 0 Å². The Balaban J connectivity index is 2.99. The van der Waals surface area contributed by atoms with Crippen LogP contribution in [-0.4, -0.2) is 26.0 Å². The normalized spacial score (nSPS) is 11.7. The highest BCUT2D eigenvalue weighted by molar-refractivity contribution is 7.90. The second-order valence-corrected chi connectivity index (χ2v) is 5.01. The standard InChI is InChI=1S/C11H13FN2O4S/c1-2-13-19(17,18)14-9-4-5-10(12)8(7-9)3-6-11(15)16/h3-7,13-14H,2H2,1H3,(H,15,16)/b6-3+.